The Morgan fingerprint density at radius 3 is 2.40 bits per heavy atom. The second-order valence-electron chi connectivity index (χ2n) is 4.71. The van der Waals surface area contributed by atoms with Crippen molar-refractivity contribution < 1.29 is 0 Å². The Bertz CT molecular complexity index is 647. The molecular formula is C15H19N5. The van der Waals surface area contributed by atoms with E-state index in [1.54, 1.807) is 4.80 Å². The van der Waals surface area contributed by atoms with E-state index in [0.717, 1.165) is 18.8 Å². The lowest BCUT2D eigenvalue weighted by molar-refractivity contribution is 0.737. The first-order valence-corrected chi connectivity index (χ1v) is 6.80. The van der Waals surface area contributed by atoms with E-state index in [2.05, 4.69) is 30.1 Å². The Labute approximate surface area is 119 Å². The molecule has 0 aliphatic carbocycles. The van der Waals surface area contributed by atoms with Gasteiger partial charge in [-0.25, -0.2) is 0 Å². The molecule has 0 atom stereocenters. The summed E-state index contributed by atoms with van der Waals surface area (Å²) in [7, 11) is 0. The molecule has 0 saturated carbocycles. The summed E-state index contributed by atoms with van der Waals surface area (Å²) in [4.78, 5) is 3.57. The van der Waals surface area contributed by atoms with Crippen LogP contribution in [0, 0.1) is 25.2 Å². The highest BCUT2D eigenvalue weighted by Gasteiger charge is 2.16. The van der Waals surface area contributed by atoms with Crippen molar-refractivity contribution in [2.24, 2.45) is 0 Å². The Balaban J connectivity index is 2.48. The summed E-state index contributed by atoms with van der Waals surface area (Å²) in [6.07, 6.45) is 0. The normalized spacial score (nSPS) is 10.3. The Hall–Kier alpha value is -2.35. The van der Waals surface area contributed by atoms with Crippen LogP contribution in [0.3, 0.4) is 0 Å². The van der Waals surface area contributed by atoms with Crippen molar-refractivity contribution >= 4 is 5.82 Å². The lowest BCUT2D eigenvalue weighted by atomic mass is 10.1. The number of hydrogen-bond acceptors (Lipinski definition) is 4. The van der Waals surface area contributed by atoms with Gasteiger partial charge in [0.15, 0.2) is 5.82 Å². The zero-order valence-corrected chi connectivity index (χ0v) is 12.4. The summed E-state index contributed by atoms with van der Waals surface area (Å²) >= 11 is 0. The minimum Gasteiger partial charge on any atom is -0.353 e. The van der Waals surface area contributed by atoms with E-state index in [-0.39, 0.29) is 0 Å². The van der Waals surface area contributed by atoms with Crippen LogP contribution >= 0.6 is 0 Å². The van der Waals surface area contributed by atoms with E-state index in [9.17, 15) is 5.26 Å². The second kappa shape index (κ2) is 5.74. The van der Waals surface area contributed by atoms with Gasteiger partial charge in [-0.05, 0) is 51.0 Å². The van der Waals surface area contributed by atoms with Crippen molar-refractivity contribution in [3.8, 4) is 11.8 Å². The fraction of sp³-hybridized carbons (Fsp3) is 0.400. The van der Waals surface area contributed by atoms with E-state index >= 15 is 0 Å². The average molecular weight is 269 g/mol. The van der Waals surface area contributed by atoms with Gasteiger partial charge in [0, 0.05) is 13.1 Å². The SMILES string of the molecule is CCN(CC)c1nn(-c2ccc(C)c(C)c2)nc1C#N. The van der Waals surface area contributed by atoms with Gasteiger partial charge in [0.1, 0.15) is 6.07 Å². The molecule has 0 unspecified atom stereocenters. The quantitative estimate of drug-likeness (QED) is 0.856. The molecule has 0 N–H and O–H groups in total. The molecule has 0 bridgehead atoms. The van der Waals surface area contributed by atoms with E-state index in [1.807, 2.05) is 36.9 Å². The third-order valence-electron chi connectivity index (χ3n) is 3.49. The summed E-state index contributed by atoms with van der Waals surface area (Å²) in [5, 5.41) is 18.0. The van der Waals surface area contributed by atoms with Crippen molar-refractivity contribution in [1.82, 2.24) is 15.0 Å². The number of benzene rings is 1. The van der Waals surface area contributed by atoms with Gasteiger partial charge in [0.25, 0.3) is 0 Å². The lowest BCUT2D eigenvalue weighted by Gasteiger charge is -2.16. The predicted octanol–water partition coefficient (Wildman–Crippen LogP) is 2.60. The lowest BCUT2D eigenvalue weighted by Crippen LogP contribution is -2.23. The van der Waals surface area contributed by atoms with Crippen molar-refractivity contribution in [2.75, 3.05) is 18.0 Å². The Kier molecular flexibility index (Phi) is 4.04. The molecule has 0 aliphatic heterocycles. The van der Waals surface area contributed by atoms with E-state index in [0.29, 0.717) is 11.5 Å². The largest absolute Gasteiger partial charge is 0.353 e. The van der Waals surface area contributed by atoms with Crippen LogP contribution in [0.5, 0.6) is 0 Å². The highest BCUT2D eigenvalue weighted by Crippen LogP contribution is 2.18. The standard InChI is InChI=1S/C15H19N5/c1-5-19(6-2)15-14(10-16)17-20(18-15)13-8-7-11(3)12(4)9-13/h7-9H,5-6H2,1-4H3. The number of nitrogens with zero attached hydrogens (tertiary/aromatic N) is 5. The fourth-order valence-corrected chi connectivity index (χ4v) is 2.07. The molecule has 0 aliphatic rings. The van der Waals surface area contributed by atoms with Crippen LogP contribution in [0.2, 0.25) is 0 Å². The van der Waals surface area contributed by atoms with Crippen LogP contribution < -0.4 is 4.90 Å². The maximum absolute atomic E-state index is 9.22. The molecule has 0 spiro atoms. The number of rotatable bonds is 4. The first kappa shape index (κ1) is 14.1. The first-order chi connectivity index (χ1) is 9.60. The van der Waals surface area contributed by atoms with Crippen molar-refractivity contribution in [1.29, 1.82) is 5.26 Å². The van der Waals surface area contributed by atoms with Crippen molar-refractivity contribution in [2.45, 2.75) is 27.7 Å². The molecule has 5 nitrogen and oxygen atoms in total. The second-order valence-corrected chi connectivity index (χ2v) is 4.71. The molecule has 2 aromatic rings. The molecule has 0 amide bonds. The Morgan fingerprint density at radius 1 is 1.15 bits per heavy atom. The molecule has 0 saturated heterocycles. The van der Waals surface area contributed by atoms with Crippen LogP contribution in [-0.4, -0.2) is 28.1 Å². The van der Waals surface area contributed by atoms with Gasteiger partial charge in [-0.2, -0.15) is 5.26 Å². The fourth-order valence-electron chi connectivity index (χ4n) is 2.07. The van der Waals surface area contributed by atoms with Gasteiger partial charge >= 0.3 is 0 Å². The minimum absolute atomic E-state index is 0.368. The molecule has 5 heteroatoms. The third kappa shape index (κ3) is 2.50. The molecule has 2 rings (SSSR count). The van der Waals surface area contributed by atoms with Crippen LogP contribution in [0.4, 0.5) is 5.82 Å². The van der Waals surface area contributed by atoms with Crippen LogP contribution in [-0.2, 0) is 0 Å². The third-order valence-corrected chi connectivity index (χ3v) is 3.49. The summed E-state index contributed by atoms with van der Waals surface area (Å²) in [6.45, 7) is 9.81. The number of nitriles is 1. The molecule has 1 aromatic carbocycles. The van der Waals surface area contributed by atoms with E-state index in [4.69, 9.17) is 0 Å². The van der Waals surface area contributed by atoms with E-state index < -0.39 is 0 Å². The van der Waals surface area contributed by atoms with Crippen molar-refractivity contribution in [3.05, 3.63) is 35.0 Å². The topological polar surface area (TPSA) is 57.7 Å². The van der Waals surface area contributed by atoms with Gasteiger partial charge in [-0.3, -0.25) is 0 Å². The maximum atomic E-state index is 9.22. The zero-order chi connectivity index (χ0) is 14.7. The highest BCUT2D eigenvalue weighted by atomic mass is 15.5. The summed E-state index contributed by atoms with van der Waals surface area (Å²) in [5.41, 5.74) is 3.66. The molecular weight excluding hydrogens is 250 g/mol. The molecule has 1 aromatic heterocycles. The van der Waals surface area contributed by atoms with Crippen molar-refractivity contribution in [3.63, 3.8) is 0 Å². The van der Waals surface area contributed by atoms with Crippen LogP contribution in [0.25, 0.3) is 5.69 Å². The smallest absolute Gasteiger partial charge is 0.207 e. The Morgan fingerprint density at radius 2 is 1.85 bits per heavy atom. The number of aryl methyl sites for hydroxylation is 2. The molecule has 0 radical (unpaired) electrons. The van der Waals surface area contributed by atoms with Gasteiger partial charge in [0.2, 0.25) is 5.69 Å². The number of anilines is 1. The van der Waals surface area contributed by atoms with Crippen LogP contribution in [0.1, 0.15) is 30.7 Å². The minimum atomic E-state index is 0.368. The predicted molar refractivity (Wildman–Crippen MR) is 79.1 cm³/mol. The number of aromatic nitrogens is 3. The summed E-state index contributed by atoms with van der Waals surface area (Å²) in [6, 6.07) is 8.16. The molecule has 0 fully saturated rings. The first-order valence-electron chi connectivity index (χ1n) is 6.80. The number of hydrogen-bond donors (Lipinski definition) is 0. The monoisotopic (exact) mass is 269 g/mol. The summed E-state index contributed by atoms with van der Waals surface area (Å²) < 4.78 is 0. The van der Waals surface area contributed by atoms with Gasteiger partial charge < -0.3 is 4.90 Å². The van der Waals surface area contributed by atoms with Gasteiger partial charge in [0.05, 0.1) is 5.69 Å². The van der Waals surface area contributed by atoms with Crippen LogP contribution in [0.15, 0.2) is 18.2 Å². The average Bonchev–Trinajstić information content (AvgIpc) is 2.87. The molecule has 104 valence electrons. The zero-order valence-electron chi connectivity index (χ0n) is 12.4. The maximum Gasteiger partial charge on any atom is 0.207 e. The van der Waals surface area contributed by atoms with E-state index in [1.165, 1.54) is 11.1 Å². The van der Waals surface area contributed by atoms with Gasteiger partial charge in [-0.1, -0.05) is 6.07 Å². The summed E-state index contributed by atoms with van der Waals surface area (Å²) in [5.74, 6) is 0.649. The van der Waals surface area contributed by atoms with Gasteiger partial charge in [-0.15, -0.1) is 15.0 Å². The molecule has 1 heterocycles. The highest BCUT2D eigenvalue weighted by molar-refractivity contribution is 5.50. The molecule has 20 heavy (non-hydrogen) atoms.